The van der Waals surface area contributed by atoms with E-state index in [-0.39, 0.29) is 24.3 Å². The molecular weight excluding hydrogens is 248 g/mol. The van der Waals surface area contributed by atoms with Crippen LogP contribution in [0.3, 0.4) is 0 Å². The first-order chi connectivity index (χ1) is 9.13. The topological polar surface area (TPSA) is 89.3 Å². The molecule has 1 aromatic heterocycles. The van der Waals surface area contributed by atoms with Crippen molar-refractivity contribution in [3.63, 3.8) is 0 Å². The predicted molar refractivity (Wildman–Crippen MR) is 65.0 cm³/mol. The molecule has 0 aliphatic carbocycles. The number of hydrogen-bond acceptors (Lipinski definition) is 6. The Balaban J connectivity index is 3.11. The summed E-state index contributed by atoms with van der Waals surface area (Å²) in [5.74, 6) is -2.63. The molecule has 0 aliphatic heterocycles. The third kappa shape index (κ3) is 3.78. The number of carbonyl (C=O) groups excluding carboxylic acids is 2. The first-order valence-corrected chi connectivity index (χ1v) is 5.82. The Hall–Kier alpha value is -2.42. The lowest BCUT2D eigenvalue weighted by Crippen LogP contribution is -2.26. The van der Waals surface area contributed by atoms with Gasteiger partial charge >= 0.3 is 11.9 Å². The lowest BCUT2D eigenvalue weighted by Gasteiger charge is -2.14. The molecule has 0 unspecified atom stereocenters. The van der Waals surface area contributed by atoms with E-state index in [2.05, 4.69) is 4.98 Å². The van der Waals surface area contributed by atoms with E-state index in [1.807, 2.05) is 6.07 Å². The molecule has 0 atom stereocenters. The number of nitriles is 1. The molecule has 0 saturated heterocycles. The van der Waals surface area contributed by atoms with Crippen LogP contribution < -0.4 is 0 Å². The summed E-state index contributed by atoms with van der Waals surface area (Å²) >= 11 is 0. The molecule has 0 N–H and O–H groups in total. The van der Waals surface area contributed by atoms with Gasteiger partial charge in [0.15, 0.2) is 5.92 Å². The molecular formula is C13H14N2O4. The molecule has 0 fully saturated rings. The van der Waals surface area contributed by atoms with Gasteiger partial charge in [0.1, 0.15) is 6.07 Å². The maximum Gasteiger partial charge on any atom is 0.324 e. The van der Waals surface area contributed by atoms with E-state index in [0.717, 1.165) is 0 Å². The quantitative estimate of drug-likeness (QED) is 0.584. The van der Waals surface area contributed by atoms with Gasteiger partial charge in [0.25, 0.3) is 0 Å². The normalized spacial score (nSPS) is 9.79. The number of nitrogens with zero attached hydrogens (tertiary/aromatic N) is 2. The van der Waals surface area contributed by atoms with Crippen LogP contribution in [-0.2, 0) is 19.1 Å². The minimum atomic E-state index is -1.21. The summed E-state index contributed by atoms with van der Waals surface area (Å²) in [4.78, 5) is 27.5. The van der Waals surface area contributed by atoms with E-state index in [9.17, 15) is 9.59 Å². The van der Waals surface area contributed by atoms with Gasteiger partial charge in [-0.1, -0.05) is 0 Å². The second-order valence-electron chi connectivity index (χ2n) is 3.56. The Kier molecular flexibility index (Phi) is 5.48. The highest BCUT2D eigenvalue weighted by molar-refractivity contribution is 6.00. The molecule has 0 spiro atoms. The predicted octanol–water partition coefficient (Wildman–Crippen LogP) is 1.16. The Morgan fingerprint density at radius 2 is 1.84 bits per heavy atom. The molecule has 6 heteroatoms. The van der Waals surface area contributed by atoms with Crippen LogP contribution in [0.4, 0.5) is 0 Å². The van der Waals surface area contributed by atoms with Crippen LogP contribution in [0.1, 0.15) is 30.9 Å². The van der Waals surface area contributed by atoms with Gasteiger partial charge < -0.3 is 9.47 Å². The average Bonchev–Trinajstić information content (AvgIpc) is 2.40. The Bertz CT molecular complexity index is 490. The fourth-order valence-electron chi connectivity index (χ4n) is 1.50. The number of carbonyl (C=O) groups is 2. The van der Waals surface area contributed by atoms with E-state index in [1.54, 1.807) is 13.8 Å². The van der Waals surface area contributed by atoms with Crippen molar-refractivity contribution in [2.24, 2.45) is 0 Å². The van der Waals surface area contributed by atoms with Gasteiger partial charge in [0.05, 0.1) is 18.8 Å². The van der Waals surface area contributed by atoms with Crippen LogP contribution in [0.2, 0.25) is 0 Å². The van der Waals surface area contributed by atoms with Crippen LogP contribution in [0.15, 0.2) is 18.5 Å². The molecule has 1 aromatic rings. The molecule has 6 nitrogen and oxygen atoms in total. The summed E-state index contributed by atoms with van der Waals surface area (Å²) in [5.41, 5.74) is 0.548. The summed E-state index contributed by atoms with van der Waals surface area (Å²) in [5, 5.41) is 8.81. The summed E-state index contributed by atoms with van der Waals surface area (Å²) < 4.78 is 9.70. The molecule has 1 rings (SSSR count). The number of pyridine rings is 1. The number of ether oxygens (including phenoxy) is 2. The molecule has 0 amide bonds. The van der Waals surface area contributed by atoms with E-state index >= 15 is 0 Å². The van der Waals surface area contributed by atoms with E-state index in [4.69, 9.17) is 14.7 Å². The molecule has 0 bridgehead atoms. The minimum Gasteiger partial charge on any atom is -0.465 e. The van der Waals surface area contributed by atoms with Crippen molar-refractivity contribution in [2.45, 2.75) is 19.8 Å². The molecule has 0 aliphatic rings. The summed E-state index contributed by atoms with van der Waals surface area (Å²) in [7, 11) is 0. The van der Waals surface area contributed by atoms with Crippen molar-refractivity contribution >= 4 is 11.9 Å². The van der Waals surface area contributed by atoms with Crippen LogP contribution in [0.5, 0.6) is 0 Å². The van der Waals surface area contributed by atoms with E-state index in [1.165, 1.54) is 18.5 Å². The third-order valence-electron chi connectivity index (χ3n) is 2.27. The SMILES string of the molecule is CCOC(=O)C(C(=O)OCC)c1cncc(C#N)c1. The first kappa shape index (κ1) is 14.6. The van der Waals surface area contributed by atoms with Crippen molar-refractivity contribution in [1.29, 1.82) is 5.26 Å². The van der Waals surface area contributed by atoms with Crippen molar-refractivity contribution in [3.05, 3.63) is 29.6 Å². The lowest BCUT2D eigenvalue weighted by molar-refractivity contribution is -0.156. The largest absolute Gasteiger partial charge is 0.465 e. The minimum absolute atomic E-state index is 0.153. The van der Waals surface area contributed by atoms with Gasteiger partial charge in [-0.05, 0) is 25.5 Å². The second kappa shape index (κ2) is 7.11. The van der Waals surface area contributed by atoms with Crippen molar-refractivity contribution in [1.82, 2.24) is 4.98 Å². The fraction of sp³-hybridized carbons (Fsp3) is 0.385. The Morgan fingerprint density at radius 3 is 2.32 bits per heavy atom. The molecule has 100 valence electrons. The smallest absolute Gasteiger partial charge is 0.324 e. The molecule has 19 heavy (non-hydrogen) atoms. The maximum absolute atomic E-state index is 11.8. The van der Waals surface area contributed by atoms with Crippen LogP contribution >= 0.6 is 0 Å². The zero-order valence-corrected chi connectivity index (χ0v) is 10.8. The van der Waals surface area contributed by atoms with Crippen molar-refractivity contribution in [2.75, 3.05) is 13.2 Å². The highest BCUT2D eigenvalue weighted by Gasteiger charge is 2.31. The lowest BCUT2D eigenvalue weighted by atomic mass is 10.00. The fourth-order valence-corrected chi connectivity index (χ4v) is 1.50. The standard InChI is InChI=1S/C13H14N2O4/c1-3-18-12(16)11(13(17)19-4-2)10-5-9(6-14)7-15-8-10/h5,7-8,11H,3-4H2,1-2H3. The van der Waals surface area contributed by atoms with E-state index < -0.39 is 17.9 Å². The summed E-state index contributed by atoms with van der Waals surface area (Å²) in [6.07, 6.45) is 2.69. The van der Waals surface area contributed by atoms with Gasteiger partial charge in [-0.2, -0.15) is 5.26 Å². The number of rotatable bonds is 5. The monoisotopic (exact) mass is 262 g/mol. The van der Waals surface area contributed by atoms with Crippen LogP contribution in [0, 0.1) is 11.3 Å². The number of esters is 2. The number of hydrogen-bond donors (Lipinski definition) is 0. The molecule has 0 radical (unpaired) electrons. The third-order valence-corrected chi connectivity index (χ3v) is 2.27. The highest BCUT2D eigenvalue weighted by atomic mass is 16.6. The summed E-state index contributed by atoms with van der Waals surface area (Å²) in [6.45, 7) is 3.59. The zero-order chi connectivity index (χ0) is 14.3. The zero-order valence-electron chi connectivity index (χ0n) is 10.8. The average molecular weight is 262 g/mol. The van der Waals surface area contributed by atoms with Crippen LogP contribution in [-0.4, -0.2) is 30.1 Å². The van der Waals surface area contributed by atoms with Crippen molar-refractivity contribution in [3.8, 4) is 6.07 Å². The summed E-state index contributed by atoms with van der Waals surface area (Å²) in [6, 6.07) is 3.32. The number of aromatic nitrogens is 1. The van der Waals surface area contributed by atoms with Gasteiger partial charge in [-0.15, -0.1) is 0 Å². The van der Waals surface area contributed by atoms with Crippen LogP contribution in [0.25, 0.3) is 0 Å². The Labute approximate surface area is 111 Å². The molecule has 0 aromatic carbocycles. The van der Waals surface area contributed by atoms with Gasteiger partial charge in [-0.25, -0.2) is 0 Å². The highest BCUT2D eigenvalue weighted by Crippen LogP contribution is 2.19. The van der Waals surface area contributed by atoms with Gasteiger partial charge in [-0.3, -0.25) is 14.6 Å². The van der Waals surface area contributed by atoms with Gasteiger partial charge in [0, 0.05) is 12.4 Å². The van der Waals surface area contributed by atoms with Crippen molar-refractivity contribution < 1.29 is 19.1 Å². The molecule has 0 saturated carbocycles. The first-order valence-electron chi connectivity index (χ1n) is 5.82. The van der Waals surface area contributed by atoms with Gasteiger partial charge in [0.2, 0.25) is 0 Å². The molecule has 1 heterocycles. The second-order valence-corrected chi connectivity index (χ2v) is 3.56. The maximum atomic E-state index is 11.8. The van der Waals surface area contributed by atoms with E-state index in [0.29, 0.717) is 0 Å². The Morgan fingerprint density at radius 1 is 1.26 bits per heavy atom.